The summed E-state index contributed by atoms with van der Waals surface area (Å²) in [7, 11) is 2.14. The average Bonchev–Trinajstić information content (AvgIpc) is 2.82. The monoisotopic (exact) mass is 275 g/mol. The summed E-state index contributed by atoms with van der Waals surface area (Å²) >= 11 is 1.73. The van der Waals surface area contributed by atoms with Crippen LogP contribution in [0.4, 0.5) is 5.69 Å². The standard InChI is InChI=1S/C15H21N3S/c1-4-16-9-13-7-5-6-8-14(13)18(3)10-15-12(2)17-11-19-15/h5-8,11,16H,4,9-10H2,1-3H3. The molecule has 0 radical (unpaired) electrons. The third-order valence-corrected chi connectivity index (χ3v) is 4.11. The Morgan fingerprint density at radius 1 is 1.32 bits per heavy atom. The maximum Gasteiger partial charge on any atom is 0.0798 e. The highest BCUT2D eigenvalue weighted by Gasteiger charge is 2.09. The molecule has 1 heterocycles. The summed E-state index contributed by atoms with van der Waals surface area (Å²) in [5.41, 5.74) is 5.69. The van der Waals surface area contributed by atoms with E-state index in [2.05, 4.69) is 60.4 Å². The molecule has 0 amide bonds. The normalized spacial score (nSPS) is 10.7. The predicted molar refractivity (Wildman–Crippen MR) is 82.8 cm³/mol. The number of para-hydroxylation sites is 1. The summed E-state index contributed by atoms with van der Waals surface area (Å²) in [5.74, 6) is 0. The minimum Gasteiger partial charge on any atom is -0.369 e. The minimum atomic E-state index is 0.915. The van der Waals surface area contributed by atoms with Crippen molar-refractivity contribution in [1.29, 1.82) is 0 Å². The van der Waals surface area contributed by atoms with Gasteiger partial charge in [0.05, 0.1) is 17.7 Å². The van der Waals surface area contributed by atoms with Crippen LogP contribution in [-0.4, -0.2) is 18.6 Å². The second kappa shape index (κ2) is 6.68. The number of hydrogen-bond acceptors (Lipinski definition) is 4. The molecular formula is C15H21N3S. The molecular weight excluding hydrogens is 254 g/mol. The summed E-state index contributed by atoms with van der Waals surface area (Å²) in [5, 5.41) is 3.39. The summed E-state index contributed by atoms with van der Waals surface area (Å²) in [6.45, 7) is 7.03. The molecule has 0 aliphatic rings. The number of hydrogen-bond donors (Lipinski definition) is 1. The van der Waals surface area contributed by atoms with Crippen molar-refractivity contribution in [3.8, 4) is 0 Å². The van der Waals surface area contributed by atoms with Gasteiger partial charge in [0.25, 0.3) is 0 Å². The van der Waals surface area contributed by atoms with Crippen LogP contribution in [0.3, 0.4) is 0 Å². The van der Waals surface area contributed by atoms with Crippen LogP contribution in [0.2, 0.25) is 0 Å². The SMILES string of the molecule is CCNCc1ccccc1N(C)Cc1scnc1C. The number of thiazole rings is 1. The third-order valence-electron chi connectivity index (χ3n) is 3.19. The number of rotatable bonds is 6. The van der Waals surface area contributed by atoms with Gasteiger partial charge in [-0.05, 0) is 25.1 Å². The van der Waals surface area contributed by atoms with Crippen LogP contribution in [-0.2, 0) is 13.1 Å². The zero-order valence-electron chi connectivity index (χ0n) is 11.8. The van der Waals surface area contributed by atoms with E-state index in [4.69, 9.17) is 0 Å². The van der Waals surface area contributed by atoms with Crippen LogP contribution in [0, 0.1) is 6.92 Å². The fourth-order valence-electron chi connectivity index (χ4n) is 2.07. The molecule has 0 aliphatic heterocycles. The van der Waals surface area contributed by atoms with Crippen LogP contribution in [0.25, 0.3) is 0 Å². The van der Waals surface area contributed by atoms with E-state index in [1.165, 1.54) is 16.1 Å². The third kappa shape index (κ3) is 3.55. The van der Waals surface area contributed by atoms with Crippen molar-refractivity contribution in [3.63, 3.8) is 0 Å². The Balaban J connectivity index is 2.14. The van der Waals surface area contributed by atoms with Gasteiger partial charge in [0, 0.05) is 24.2 Å². The smallest absolute Gasteiger partial charge is 0.0798 e. The van der Waals surface area contributed by atoms with Crippen LogP contribution >= 0.6 is 11.3 Å². The maximum absolute atomic E-state index is 4.31. The fourth-order valence-corrected chi connectivity index (χ4v) is 2.90. The Kier molecular flexibility index (Phi) is 4.93. The largest absolute Gasteiger partial charge is 0.369 e. The Morgan fingerprint density at radius 3 is 2.79 bits per heavy atom. The molecule has 0 saturated heterocycles. The highest BCUT2D eigenvalue weighted by Crippen LogP contribution is 2.23. The van der Waals surface area contributed by atoms with Gasteiger partial charge >= 0.3 is 0 Å². The first-order valence-electron chi connectivity index (χ1n) is 6.61. The highest BCUT2D eigenvalue weighted by atomic mass is 32.1. The van der Waals surface area contributed by atoms with Gasteiger partial charge in [0.1, 0.15) is 0 Å². The fraction of sp³-hybridized carbons (Fsp3) is 0.400. The Hall–Kier alpha value is -1.39. The quantitative estimate of drug-likeness (QED) is 0.877. The number of nitrogens with one attached hydrogen (secondary N) is 1. The predicted octanol–water partition coefficient (Wildman–Crippen LogP) is 3.20. The van der Waals surface area contributed by atoms with Crippen LogP contribution in [0.1, 0.15) is 23.1 Å². The second-order valence-corrected chi connectivity index (χ2v) is 5.57. The Labute approximate surface area is 119 Å². The van der Waals surface area contributed by atoms with Crippen molar-refractivity contribution in [2.75, 3.05) is 18.5 Å². The number of aryl methyl sites for hydroxylation is 1. The van der Waals surface area contributed by atoms with E-state index in [9.17, 15) is 0 Å². The molecule has 0 bridgehead atoms. The van der Waals surface area contributed by atoms with Crippen LogP contribution in [0.5, 0.6) is 0 Å². The lowest BCUT2D eigenvalue weighted by Crippen LogP contribution is -2.20. The van der Waals surface area contributed by atoms with Crippen molar-refractivity contribution in [2.24, 2.45) is 0 Å². The molecule has 0 saturated carbocycles. The molecule has 1 aromatic heterocycles. The van der Waals surface area contributed by atoms with Crippen molar-refractivity contribution < 1.29 is 0 Å². The topological polar surface area (TPSA) is 28.2 Å². The molecule has 1 aromatic carbocycles. The van der Waals surface area contributed by atoms with Crippen LogP contribution in [0.15, 0.2) is 29.8 Å². The number of benzene rings is 1. The van der Waals surface area contributed by atoms with Crippen LogP contribution < -0.4 is 10.2 Å². The van der Waals surface area contributed by atoms with E-state index < -0.39 is 0 Å². The van der Waals surface area contributed by atoms with Crippen molar-refractivity contribution in [3.05, 3.63) is 45.9 Å². The van der Waals surface area contributed by atoms with Crippen molar-refractivity contribution >= 4 is 17.0 Å². The minimum absolute atomic E-state index is 0.915. The maximum atomic E-state index is 4.31. The molecule has 0 atom stereocenters. The number of anilines is 1. The number of aromatic nitrogens is 1. The second-order valence-electron chi connectivity index (χ2n) is 4.63. The zero-order chi connectivity index (χ0) is 13.7. The van der Waals surface area contributed by atoms with Crippen molar-refractivity contribution in [1.82, 2.24) is 10.3 Å². The van der Waals surface area contributed by atoms with E-state index in [1.54, 1.807) is 11.3 Å². The van der Waals surface area contributed by atoms with Gasteiger partial charge in [-0.3, -0.25) is 0 Å². The van der Waals surface area contributed by atoms with Crippen molar-refractivity contribution in [2.45, 2.75) is 26.9 Å². The molecule has 2 rings (SSSR count). The lowest BCUT2D eigenvalue weighted by molar-refractivity contribution is 0.723. The van der Waals surface area contributed by atoms with Gasteiger partial charge in [-0.2, -0.15) is 0 Å². The number of nitrogens with zero attached hydrogens (tertiary/aromatic N) is 2. The Morgan fingerprint density at radius 2 is 2.11 bits per heavy atom. The lowest BCUT2D eigenvalue weighted by atomic mass is 10.1. The molecule has 19 heavy (non-hydrogen) atoms. The molecule has 102 valence electrons. The van der Waals surface area contributed by atoms with Gasteiger partial charge < -0.3 is 10.2 Å². The van der Waals surface area contributed by atoms with E-state index in [0.717, 1.165) is 25.3 Å². The van der Waals surface area contributed by atoms with Gasteiger partial charge in [-0.15, -0.1) is 11.3 Å². The molecule has 0 fully saturated rings. The van der Waals surface area contributed by atoms with Gasteiger partial charge in [0.15, 0.2) is 0 Å². The first-order chi connectivity index (χ1) is 9.22. The van der Waals surface area contributed by atoms with E-state index >= 15 is 0 Å². The van der Waals surface area contributed by atoms with Gasteiger partial charge in [-0.1, -0.05) is 25.1 Å². The Bertz CT molecular complexity index is 522. The molecule has 3 nitrogen and oxygen atoms in total. The van der Waals surface area contributed by atoms with Gasteiger partial charge in [0.2, 0.25) is 0 Å². The molecule has 2 aromatic rings. The molecule has 1 N–H and O–H groups in total. The molecule has 4 heteroatoms. The molecule has 0 spiro atoms. The first kappa shape index (κ1) is 14.0. The van der Waals surface area contributed by atoms with E-state index in [1.807, 2.05) is 5.51 Å². The lowest BCUT2D eigenvalue weighted by Gasteiger charge is -2.22. The summed E-state index contributed by atoms with van der Waals surface area (Å²) in [6.07, 6.45) is 0. The van der Waals surface area contributed by atoms with Gasteiger partial charge in [-0.25, -0.2) is 4.98 Å². The summed E-state index contributed by atoms with van der Waals surface area (Å²) in [4.78, 5) is 7.95. The first-order valence-corrected chi connectivity index (χ1v) is 7.49. The van der Waals surface area contributed by atoms with E-state index in [-0.39, 0.29) is 0 Å². The highest BCUT2D eigenvalue weighted by molar-refractivity contribution is 7.09. The molecule has 0 aliphatic carbocycles. The zero-order valence-corrected chi connectivity index (χ0v) is 12.6. The summed E-state index contributed by atoms with van der Waals surface area (Å²) < 4.78 is 0. The molecule has 0 unspecified atom stereocenters. The van der Waals surface area contributed by atoms with E-state index in [0.29, 0.717) is 0 Å². The summed E-state index contributed by atoms with van der Waals surface area (Å²) in [6, 6.07) is 8.57. The average molecular weight is 275 g/mol.